The molecule has 0 radical (unpaired) electrons. The molecule has 0 saturated carbocycles. The van der Waals surface area contributed by atoms with E-state index in [2.05, 4.69) is 44.5 Å². The standard InChI is InChI=1S/C39H42ClFN8O5/c1-2-39(23-43-35-34(39)28(40)9-10-42-35)24-5-3-6-25(19-24)48-18-15-46(22-33(48)51)12-4-11-45-13-16-47(17-14-45)31-21-27-26(20-29(31)41)37(53)49(38(27)54)30-7-8-32(50)44-36(30)52/h3,5-6,9-10,19-21,30H,2,4,7-8,11-18,22-23H2,1H3,(H,42,43)(H,44,50,52). The zero-order chi connectivity index (χ0) is 37.7. The summed E-state index contributed by atoms with van der Waals surface area (Å²) >= 11 is 6.69. The number of hydrogen-bond donors (Lipinski definition) is 2. The molecule has 13 nitrogen and oxygen atoms in total. The molecular weight excluding hydrogens is 715 g/mol. The van der Waals surface area contributed by atoms with Crippen molar-refractivity contribution in [3.63, 3.8) is 0 Å². The van der Waals surface area contributed by atoms with Gasteiger partial charge in [0.2, 0.25) is 17.7 Å². The summed E-state index contributed by atoms with van der Waals surface area (Å²) < 4.78 is 15.4. The fraction of sp³-hybridized carbons (Fsp3) is 0.436. The van der Waals surface area contributed by atoms with Gasteiger partial charge >= 0.3 is 0 Å². The van der Waals surface area contributed by atoms with E-state index in [1.165, 1.54) is 6.07 Å². The van der Waals surface area contributed by atoms with Crippen LogP contribution in [0.4, 0.5) is 21.6 Å². The first-order chi connectivity index (χ1) is 26.1. The third-order valence-corrected chi connectivity index (χ3v) is 12.0. The summed E-state index contributed by atoms with van der Waals surface area (Å²) in [7, 11) is 0. The molecule has 0 spiro atoms. The molecule has 3 fully saturated rings. The fourth-order valence-corrected chi connectivity index (χ4v) is 9.04. The molecule has 54 heavy (non-hydrogen) atoms. The summed E-state index contributed by atoms with van der Waals surface area (Å²) in [5.74, 6) is -2.26. The van der Waals surface area contributed by atoms with Crippen LogP contribution in [0.1, 0.15) is 64.4 Å². The normalized spacial score (nSPS) is 23.5. The van der Waals surface area contributed by atoms with E-state index in [0.717, 1.165) is 66.1 Å². The smallest absolute Gasteiger partial charge is 0.262 e. The topological polar surface area (TPSA) is 138 Å². The summed E-state index contributed by atoms with van der Waals surface area (Å²) in [5.41, 5.74) is 2.92. The van der Waals surface area contributed by atoms with Gasteiger partial charge < -0.3 is 15.1 Å². The molecule has 282 valence electrons. The highest BCUT2D eigenvalue weighted by Crippen LogP contribution is 2.47. The number of imide groups is 2. The van der Waals surface area contributed by atoms with Gasteiger partial charge in [-0.3, -0.25) is 44.0 Å². The molecule has 0 bridgehead atoms. The van der Waals surface area contributed by atoms with Crippen LogP contribution in [0.15, 0.2) is 48.7 Å². The number of amides is 5. The Hall–Kier alpha value is -4.92. The molecule has 1 aromatic heterocycles. The number of piperazine rings is 2. The molecule has 8 rings (SSSR count). The summed E-state index contributed by atoms with van der Waals surface area (Å²) in [5, 5.41) is 6.29. The minimum Gasteiger partial charge on any atom is -0.369 e. The Morgan fingerprint density at radius 1 is 0.926 bits per heavy atom. The van der Waals surface area contributed by atoms with Gasteiger partial charge in [-0.05, 0) is 68.2 Å². The minimum atomic E-state index is -1.10. The van der Waals surface area contributed by atoms with Crippen LogP contribution in [0.3, 0.4) is 0 Å². The number of rotatable bonds is 9. The number of halogens is 2. The summed E-state index contributed by atoms with van der Waals surface area (Å²) in [6.07, 6.45) is 3.48. The van der Waals surface area contributed by atoms with E-state index in [4.69, 9.17) is 11.6 Å². The Kier molecular flexibility index (Phi) is 9.61. The monoisotopic (exact) mass is 756 g/mol. The number of anilines is 3. The van der Waals surface area contributed by atoms with Crippen LogP contribution in [0.5, 0.6) is 0 Å². The maximum atomic E-state index is 15.4. The van der Waals surface area contributed by atoms with Crippen molar-refractivity contribution >= 4 is 58.3 Å². The number of nitrogens with zero attached hydrogens (tertiary/aromatic N) is 6. The van der Waals surface area contributed by atoms with Crippen LogP contribution in [-0.2, 0) is 19.8 Å². The lowest BCUT2D eigenvalue weighted by Gasteiger charge is -2.37. The van der Waals surface area contributed by atoms with E-state index < -0.39 is 35.5 Å². The van der Waals surface area contributed by atoms with E-state index >= 15 is 4.39 Å². The second kappa shape index (κ2) is 14.4. The van der Waals surface area contributed by atoms with Gasteiger partial charge in [-0.2, -0.15) is 0 Å². The largest absolute Gasteiger partial charge is 0.369 e. The third-order valence-electron chi connectivity index (χ3n) is 11.7. The van der Waals surface area contributed by atoms with E-state index in [1.54, 1.807) is 6.20 Å². The van der Waals surface area contributed by atoms with E-state index in [9.17, 15) is 24.0 Å². The Balaban J connectivity index is 0.829. The number of piperidine rings is 1. The molecule has 3 saturated heterocycles. The van der Waals surface area contributed by atoms with Crippen LogP contribution in [0.2, 0.25) is 5.02 Å². The van der Waals surface area contributed by atoms with Crippen molar-refractivity contribution in [1.82, 2.24) is 25.0 Å². The second-order valence-electron chi connectivity index (χ2n) is 14.7. The number of hydrogen-bond acceptors (Lipinski definition) is 10. The molecule has 2 atom stereocenters. The number of carbonyl (C=O) groups excluding carboxylic acids is 5. The van der Waals surface area contributed by atoms with Gasteiger partial charge in [0, 0.05) is 80.1 Å². The number of aromatic nitrogens is 1. The van der Waals surface area contributed by atoms with Crippen molar-refractivity contribution in [2.75, 3.05) is 80.6 Å². The van der Waals surface area contributed by atoms with Crippen LogP contribution >= 0.6 is 11.6 Å². The van der Waals surface area contributed by atoms with Gasteiger partial charge in [-0.15, -0.1) is 0 Å². The first-order valence-corrected chi connectivity index (χ1v) is 19.0. The van der Waals surface area contributed by atoms with Crippen molar-refractivity contribution in [3.05, 3.63) is 81.8 Å². The summed E-state index contributed by atoms with van der Waals surface area (Å²) in [6, 6.07) is 11.5. The molecule has 6 heterocycles. The molecule has 2 aromatic carbocycles. The highest BCUT2D eigenvalue weighted by molar-refractivity contribution is 6.32. The Bertz CT molecular complexity index is 2060. The van der Waals surface area contributed by atoms with Crippen LogP contribution in [0, 0.1) is 5.82 Å². The van der Waals surface area contributed by atoms with Crippen molar-refractivity contribution < 1.29 is 28.4 Å². The summed E-state index contributed by atoms with van der Waals surface area (Å²) in [4.78, 5) is 77.4. The van der Waals surface area contributed by atoms with Crippen LogP contribution in [0.25, 0.3) is 0 Å². The predicted octanol–water partition coefficient (Wildman–Crippen LogP) is 3.26. The second-order valence-corrected chi connectivity index (χ2v) is 15.1. The zero-order valence-electron chi connectivity index (χ0n) is 30.1. The third kappa shape index (κ3) is 6.29. The van der Waals surface area contributed by atoms with Gasteiger partial charge in [0.15, 0.2) is 0 Å². The maximum Gasteiger partial charge on any atom is 0.262 e. The Labute approximate surface area is 317 Å². The number of carbonyl (C=O) groups is 5. The molecule has 0 aliphatic carbocycles. The molecule has 5 aliphatic heterocycles. The number of fused-ring (bicyclic) bond motifs is 2. The maximum absolute atomic E-state index is 15.4. The lowest BCUT2D eigenvalue weighted by Crippen LogP contribution is -2.54. The molecule has 5 aliphatic rings. The van der Waals surface area contributed by atoms with Crippen molar-refractivity contribution in [1.29, 1.82) is 0 Å². The van der Waals surface area contributed by atoms with Gasteiger partial charge in [0.05, 0.1) is 23.4 Å². The zero-order valence-corrected chi connectivity index (χ0v) is 30.8. The van der Waals surface area contributed by atoms with Crippen LogP contribution < -0.4 is 20.4 Å². The SMILES string of the molecule is CCC1(c2cccc(N3CCN(CCCN4CCN(c5cc6c(cc5F)C(=O)N(C5CCC(=O)NC5=O)C6=O)CC4)CC3=O)c2)CNc2nccc(Cl)c21. The van der Waals surface area contributed by atoms with Gasteiger partial charge in [-0.25, -0.2) is 9.37 Å². The van der Waals surface area contributed by atoms with E-state index in [0.29, 0.717) is 50.8 Å². The molecular formula is C39H42ClFN8O5. The Morgan fingerprint density at radius 3 is 2.41 bits per heavy atom. The summed E-state index contributed by atoms with van der Waals surface area (Å²) in [6.45, 7) is 8.62. The highest BCUT2D eigenvalue weighted by atomic mass is 35.5. The van der Waals surface area contributed by atoms with Gasteiger partial charge in [-0.1, -0.05) is 30.7 Å². The Morgan fingerprint density at radius 2 is 1.67 bits per heavy atom. The first kappa shape index (κ1) is 36.1. The average molecular weight is 757 g/mol. The van der Waals surface area contributed by atoms with Crippen molar-refractivity contribution in [3.8, 4) is 0 Å². The molecule has 3 aromatic rings. The van der Waals surface area contributed by atoms with E-state index in [-0.39, 0.29) is 41.0 Å². The lowest BCUT2D eigenvalue weighted by molar-refractivity contribution is -0.136. The van der Waals surface area contributed by atoms with Crippen molar-refractivity contribution in [2.24, 2.45) is 0 Å². The minimum absolute atomic E-state index is 0.0150. The van der Waals surface area contributed by atoms with Gasteiger partial charge in [0.25, 0.3) is 11.8 Å². The van der Waals surface area contributed by atoms with Crippen LogP contribution in [-0.4, -0.2) is 121 Å². The fourth-order valence-electron chi connectivity index (χ4n) is 8.71. The molecule has 2 unspecified atom stereocenters. The molecule has 5 amide bonds. The first-order valence-electron chi connectivity index (χ1n) is 18.6. The number of pyridine rings is 1. The predicted molar refractivity (Wildman–Crippen MR) is 200 cm³/mol. The quantitative estimate of drug-likeness (QED) is 0.313. The average Bonchev–Trinajstić information content (AvgIpc) is 3.67. The van der Waals surface area contributed by atoms with E-state index in [1.807, 2.05) is 28.0 Å². The number of benzene rings is 2. The highest BCUT2D eigenvalue weighted by Gasteiger charge is 2.46. The molecule has 2 N–H and O–H groups in total. The van der Waals surface area contributed by atoms with Gasteiger partial charge in [0.1, 0.15) is 17.7 Å². The molecule has 15 heteroatoms. The lowest BCUT2D eigenvalue weighted by atomic mass is 9.74. The number of nitrogens with one attached hydrogen (secondary N) is 2. The van der Waals surface area contributed by atoms with Crippen molar-refractivity contribution in [2.45, 2.75) is 44.1 Å².